The molecule has 34 heavy (non-hydrogen) atoms. The molecule has 0 saturated carbocycles. The van der Waals surface area contributed by atoms with E-state index in [1.165, 1.54) is 57.8 Å². The first kappa shape index (κ1) is 25.8. The van der Waals surface area contributed by atoms with Crippen LogP contribution in [0.5, 0.6) is 5.75 Å². The van der Waals surface area contributed by atoms with Crippen LogP contribution in [0.25, 0.3) is 11.0 Å². The van der Waals surface area contributed by atoms with E-state index < -0.39 is 0 Å². The van der Waals surface area contributed by atoms with E-state index in [4.69, 9.17) is 9.72 Å². The standard InChI is InChI=1S/C29H41N3O2/c1-3-4-5-6-7-8-9-10-11-17-22-32-27-21-16-15-20-26(27)31-29(32)24(2)30-28(33)23-34-25-18-13-12-14-19-25/h12-16,18-21,24H,3-11,17,22-23H2,1-2H3,(H,30,33). The number of amides is 1. The largest absolute Gasteiger partial charge is 0.484 e. The fourth-order valence-electron chi connectivity index (χ4n) is 4.43. The highest BCUT2D eigenvalue weighted by molar-refractivity contribution is 5.79. The molecule has 0 saturated heterocycles. The smallest absolute Gasteiger partial charge is 0.258 e. The molecule has 1 atom stereocenters. The van der Waals surface area contributed by atoms with Crippen molar-refractivity contribution in [3.8, 4) is 5.75 Å². The maximum atomic E-state index is 12.5. The van der Waals surface area contributed by atoms with Crippen LogP contribution < -0.4 is 10.1 Å². The van der Waals surface area contributed by atoms with Crippen molar-refractivity contribution in [3.63, 3.8) is 0 Å². The van der Waals surface area contributed by atoms with Gasteiger partial charge in [0.15, 0.2) is 6.61 Å². The zero-order chi connectivity index (χ0) is 24.0. The highest BCUT2D eigenvalue weighted by Crippen LogP contribution is 2.22. The van der Waals surface area contributed by atoms with Gasteiger partial charge in [-0.2, -0.15) is 0 Å². The number of hydrogen-bond donors (Lipinski definition) is 1. The van der Waals surface area contributed by atoms with Gasteiger partial charge in [0, 0.05) is 6.54 Å². The Morgan fingerprint density at radius 1 is 0.882 bits per heavy atom. The highest BCUT2D eigenvalue weighted by atomic mass is 16.5. The van der Waals surface area contributed by atoms with Crippen LogP contribution in [-0.2, 0) is 11.3 Å². The first-order valence-electron chi connectivity index (χ1n) is 13.1. The van der Waals surface area contributed by atoms with E-state index in [0.717, 1.165) is 29.8 Å². The molecule has 1 aromatic heterocycles. The summed E-state index contributed by atoms with van der Waals surface area (Å²) in [5, 5.41) is 3.06. The number of unbranched alkanes of at least 4 members (excludes halogenated alkanes) is 9. The Morgan fingerprint density at radius 3 is 2.21 bits per heavy atom. The van der Waals surface area contributed by atoms with Gasteiger partial charge in [-0.25, -0.2) is 4.98 Å². The van der Waals surface area contributed by atoms with Crippen LogP contribution in [0.1, 0.15) is 89.9 Å². The number of aromatic nitrogens is 2. The van der Waals surface area contributed by atoms with Crippen molar-refractivity contribution >= 4 is 16.9 Å². The minimum Gasteiger partial charge on any atom is -0.484 e. The number of fused-ring (bicyclic) bond motifs is 1. The van der Waals surface area contributed by atoms with Gasteiger partial charge in [-0.15, -0.1) is 0 Å². The maximum absolute atomic E-state index is 12.5. The van der Waals surface area contributed by atoms with E-state index in [1.807, 2.05) is 49.4 Å². The van der Waals surface area contributed by atoms with E-state index >= 15 is 0 Å². The molecule has 3 aromatic rings. The lowest BCUT2D eigenvalue weighted by Crippen LogP contribution is -2.32. The molecule has 2 aromatic carbocycles. The molecule has 0 aliphatic rings. The Balaban J connectivity index is 1.49. The van der Waals surface area contributed by atoms with Crippen LogP contribution in [0.15, 0.2) is 54.6 Å². The van der Waals surface area contributed by atoms with E-state index in [1.54, 1.807) is 0 Å². The average Bonchev–Trinajstić information content (AvgIpc) is 3.23. The van der Waals surface area contributed by atoms with Crippen LogP contribution in [0.4, 0.5) is 0 Å². The van der Waals surface area contributed by atoms with Gasteiger partial charge < -0.3 is 14.6 Å². The number of nitrogens with zero attached hydrogens (tertiary/aromatic N) is 2. The molecule has 0 fully saturated rings. The molecule has 5 nitrogen and oxygen atoms in total. The van der Waals surface area contributed by atoms with Gasteiger partial charge in [0.1, 0.15) is 11.6 Å². The van der Waals surface area contributed by atoms with Gasteiger partial charge in [-0.1, -0.05) is 95.0 Å². The number of ether oxygens (including phenoxy) is 1. The molecule has 0 spiro atoms. The lowest BCUT2D eigenvalue weighted by Gasteiger charge is -2.17. The summed E-state index contributed by atoms with van der Waals surface area (Å²) in [6.45, 7) is 5.18. The van der Waals surface area contributed by atoms with E-state index in [2.05, 4.69) is 28.9 Å². The fourth-order valence-corrected chi connectivity index (χ4v) is 4.43. The molecule has 1 N–H and O–H groups in total. The lowest BCUT2D eigenvalue weighted by molar-refractivity contribution is -0.123. The second-order valence-electron chi connectivity index (χ2n) is 9.18. The zero-order valence-electron chi connectivity index (χ0n) is 21.0. The number of carbonyl (C=O) groups is 1. The summed E-state index contributed by atoms with van der Waals surface area (Å²) in [4.78, 5) is 17.4. The Labute approximate surface area is 204 Å². The molecule has 1 unspecified atom stereocenters. The van der Waals surface area contributed by atoms with Crippen molar-refractivity contribution in [3.05, 3.63) is 60.4 Å². The van der Waals surface area contributed by atoms with Gasteiger partial charge in [0.05, 0.1) is 17.1 Å². The number of rotatable bonds is 16. The first-order chi connectivity index (χ1) is 16.7. The minimum absolute atomic E-state index is 0.00692. The summed E-state index contributed by atoms with van der Waals surface area (Å²) in [6, 6.07) is 17.5. The quantitative estimate of drug-likeness (QED) is 0.228. The van der Waals surface area contributed by atoms with Gasteiger partial charge in [0.2, 0.25) is 0 Å². The first-order valence-corrected chi connectivity index (χ1v) is 13.1. The van der Waals surface area contributed by atoms with Crippen molar-refractivity contribution < 1.29 is 9.53 Å². The number of carbonyl (C=O) groups excluding carboxylic acids is 1. The fraction of sp³-hybridized carbons (Fsp3) is 0.517. The Morgan fingerprint density at radius 2 is 1.50 bits per heavy atom. The van der Waals surface area contributed by atoms with Crippen LogP contribution >= 0.6 is 0 Å². The van der Waals surface area contributed by atoms with E-state index in [0.29, 0.717) is 5.75 Å². The zero-order valence-corrected chi connectivity index (χ0v) is 21.0. The minimum atomic E-state index is -0.192. The lowest BCUT2D eigenvalue weighted by atomic mass is 10.1. The summed E-state index contributed by atoms with van der Waals surface area (Å²) in [6.07, 6.45) is 13.2. The van der Waals surface area contributed by atoms with E-state index in [9.17, 15) is 4.79 Å². The number of para-hydroxylation sites is 3. The van der Waals surface area contributed by atoms with Crippen molar-refractivity contribution in [2.45, 2.75) is 90.6 Å². The number of aryl methyl sites for hydroxylation is 1. The van der Waals surface area contributed by atoms with E-state index in [-0.39, 0.29) is 18.6 Å². The Hall–Kier alpha value is -2.82. The molecule has 0 bridgehead atoms. The van der Waals surface area contributed by atoms with Crippen molar-refractivity contribution in [1.29, 1.82) is 0 Å². The summed E-state index contributed by atoms with van der Waals surface area (Å²) in [5.74, 6) is 1.46. The second-order valence-corrected chi connectivity index (χ2v) is 9.18. The molecule has 1 amide bonds. The molecular formula is C29H41N3O2. The number of hydrogen-bond acceptors (Lipinski definition) is 3. The average molecular weight is 464 g/mol. The normalized spacial score (nSPS) is 12.1. The molecule has 3 rings (SSSR count). The van der Waals surface area contributed by atoms with Gasteiger partial charge >= 0.3 is 0 Å². The number of imidazole rings is 1. The summed E-state index contributed by atoms with van der Waals surface area (Å²) in [7, 11) is 0. The van der Waals surface area contributed by atoms with Crippen LogP contribution in [0.2, 0.25) is 0 Å². The third-order valence-electron chi connectivity index (χ3n) is 6.30. The van der Waals surface area contributed by atoms with Crippen molar-refractivity contribution in [1.82, 2.24) is 14.9 Å². The second kappa shape index (κ2) is 14.4. The van der Waals surface area contributed by atoms with Crippen molar-refractivity contribution in [2.24, 2.45) is 0 Å². The van der Waals surface area contributed by atoms with Gasteiger partial charge in [-0.05, 0) is 37.6 Å². The van der Waals surface area contributed by atoms with Crippen LogP contribution in [0, 0.1) is 0 Å². The molecule has 1 heterocycles. The van der Waals surface area contributed by atoms with Gasteiger partial charge in [-0.3, -0.25) is 4.79 Å². The maximum Gasteiger partial charge on any atom is 0.258 e. The third kappa shape index (κ3) is 8.19. The number of nitrogens with one attached hydrogen (secondary N) is 1. The van der Waals surface area contributed by atoms with Crippen molar-refractivity contribution in [2.75, 3.05) is 6.61 Å². The predicted octanol–water partition coefficient (Wildman–Crippen LogP) is 7.21. The molecule has 184 valence electrons. The summed E-state index contributed by atoms with van der Waals surface area (Å²) < 4.78 is 7.87. The molecule has 5 heteroatoms. The Bertz CT molecular complexity index is 983. The topological polar surface area (TPSA) is 56.2 Å². The van der Waals surface area contributed by atoms with Crippen LogP contribution in [-0.4, -0.2) is 22.1 Å². The SMILES string of the molecule is CCCCCCCCCCCCn1c(C(C)NC(=O)COc2ccccc2)nc2ccccc21. The molecular weight excluding hydrogens is 422 g/mol. The van der Waals surface area contributed by atoms with Crippen LogP contribution in [0.3, 0.4) is 0 Å². The molecule has 0 aliphatic carbocycles. The van der Waals surface area contributed by atoms with Gasteiger partial charge in [0.25, 0.3) is 5.91 Å². The third-order valence-corrected chi connectivity index (χ3v) is 6.30. The summed E-state index contributed by atoms with van der Waals surface area (Å²) in [5.41, 5.74) is 2.11. The monoisotopic (exact) mass is 463 g/mol. The molecule has 0 aliphatic heterocycles. The molecule has 0 radical (unpaired) electrons. The summed E-state index contributed by atoms with van der Waals surface area (Å²) >= 11 is 0. The number of benzene rings is 2. The highest BCUT2D eigenvalue weighted by Gasteiger charge is 2.18. The predicted molar refractivity (Wildman–Crippen MR) is 140 cm³/mol. The Kier molecular flexibility index (Phi) is 11.0.